The summed E-state index contributed by atoms with van der Waals surface area (Å²) < 4.78 is 0.932. The predicted octanol–water partition coefficient (Wildman–Crippen LogP) is 2.87. The molecule has 0 saturated carbocycles. The van der Waals surface area contributed by atoms with Crippen molar-refractivity contribution in [3.8, 4) is 0 Å². The number of urea groups is 1. The second-order valence-electron chi connectivity index (χ2n) is 4.85. The molecule has 106 valence electrons. The van der Waals surface area contributed by atoms with Gasteiger partial charge in [-0.3, -0.25) is 0 Å². The molecule has 1 aromatic carbocycles. The number of carbonyl (C=O) groups excluding carboxylic acids is 1. The second kappa shape index (κ2) is 6.91. The molecule has 0 heterocycles. The number of nitrogens with zero attached hydrogens (tertiary/aromatic N) is 2. The highest BCUT2D eigenvalue weighted by Crippen LogP contribution is 2.23. The monoisotopic (exact) mass is 328 g/mol. The molecule has 1 atom stereocenters. The summed E-state index contributed by atoms with van der Waals surface area (Å²) in [5, 5.41) is 9.58. The predicted molar refractivity (Wildman–Crippen MR) is 80.0 cm³/mol. The standard InChI is InChI=1S/C14H21BrN2O2/c1-10(2)16(3)14(19)17(4)13(9-18)11-6-5-7-12(15)8-11/h5-8,10,13,18H,9H2,1-4H3. The van der Waals surface area contributed by atoms with Crippen LogP contribution >= 0.6 is 15.9 Å². The van der Waals surface area contributed by atoms with Crippen molar-refractivity contribution in [3.63, 3.8) is 0 Å². The minimum Gasteiger partial charge on any atom is -0.394 e. The first-order chi connectivity index (χ1) is 8.88. The zero-order valence-corrected chi connectivity index (χ0v) is 13.4. The summed E-state index contributed by atoms with van der Waals surface area (Å²) in [5.74, 6) is 0. The van der Waals surface area contributed by atoms with Gasteiger partial charge >= 0.3 is 6.03 Å². The lowest BCUT2D eigenvalue weighted by Crippen LogP contribution is -2.44. The van der Waals surface area contributed by atoms with Gasteiger partial charge in [-0.1, -0.05) is 28.1 Å². The maximum absolute atomic E-state index is 12.3. The maximum Gasteiger partial charge on any atom is 0.320 e. The number of rotatable bonds is 4. The molecule has 5 heteroatoms. The Morgan fingerprint density at radius 3 is 2.42 bits per heavy atom. The van der Waals surface area contributed by atoms with Crippen molar-refractivity contribution in [1.82, 2.24) is 9.80 Å². The fourth-order valence-corrected chi connectivity index (χ4v) is 2.19. The van der Waals surface area contributed by atoms with Crippen molar-refractivity contribution in [2.45, 2.75) is 25.9 Å². The number of hydrogen-bond acceptors (Lipinski definition) is 2. The molecule has 19 heavy (non-hydrogen) atoms. The second-order valence-corrected chi connectivity index (χ2v) is 5.77. The van der Waals surface area contributed by atoms with Crippen LogP contribution in [0.1, 0.15) is 25.5 Å². The van der Waals surface area contributed by atoms with Crippen LogP contribution in [0.3, 0.4) is 0 Å². The number of carbonyl (C=O) groups is 1. The Bertz CT molecular complexity index is 437. The van der Waals surface area contributed by atoms with Crippen LogP contribution in [0.2, 0.25) is 0 Å². The molecule has 0 aliphatic carbocycles. The zero-order valence-electron chi connectivity index (χ0n) is 11.8. The van der Waals surface area contributed by atoms with E-state index < -0.39 is 0 Å². The van der Waals surface area contributed by atoms with Gasteiger partial charge in [0.05, 0.1) is 12.6 Å². The van der Waals surface area contributed by atoms with E-state index in [1.807, 2.05) is 38.1 Å². The fraction of sp³-hybridized carbons (Fsp3) is 0.500. The maximum atomic E-state index is 12.3. The number of halogens is 1. The van der Waals surface area contributed by atoms with Crippen molar-refractivity contribution in [2.24, 2.45) is 0 Å². The Labute approximate surface area is 123 Å². The van der Waals surface area contributed by atoms with E-state index in [9.17, 15) is 9.90 Å². The van der Waals surface area contributed by atoms with E-state index in [-0.39, 0.29) is 24.7 Å². The third kappa shape index (κ3) is 3.94. The third-order valence-corrected chi connectivity index (χ3v) is 3.75. The summed E-state index contributed by atoms with van der Waals surface area (Å²) in [6, 6.07) is 7.31. The van der Waals surface area contributed by atoms with Crippen molar-refractivity contribution in [1.29, 1.82) is 0 Å². The molecule has 2 amide bonds. The van der Waals surface area contributed by atoms with Crippen LogP contribution in [-0.2, 0) is 0 Å². The van der Waals surface area contributed by atoms with E-state index in [1.54, 1.807) is 23.9 Å². The van der Waals surface area contributed by atoms with E-state index in [0.717, 1.165) is 10.0 Å². The van der Waals surface area contributed by atoms with Crippen molar-refractivity contribution >= 4 is 22.0 Å². The summed E-state index contributed by atoms with van der Waals surface area (Å²) in [6.45, 7) is 3.81. The van der Waals surface area contributed by atoms with Crippen molar-refractivity contribution in [2.75, 3.05) is 20.7 Å². The van der Waals surface area contributed by atoms with Gasteiger partial charge in [-0.2, -0.15) is 0 Å². The summed E-state index contributed by atoms with van der Waals surface area (Å²) in [7, 11) is 3.47. The molecular formula is C14H21BrN2O2. The topological polar surface area (TPSA) is 43.8 Å². The van der Waals surface area contributed by atoms with Gasteiger partial charge in [-0.25, -0.2) is 4.79 Å². The van der Waals surface area contributed by atoms with Gasteiger partial charge < -0.3 is 14.9 Å². The molecular weight excluding hydrogens is 308 g/mol. The van der Waals surface area contributed by atoms with Crippen molar-refractivity contribution in [3.05, 3.63) is 34.3 Å². The van der Waals surface area contributed by atoms with Crippen LogP contribution in [0.15, 0.2) is 28.7 Å². The first-order valence-electron chi connectivity index (χ1n) is 6.24. The Morgan fingerprint density at radius 1 is 1.32 bits per heavy atom. The number of likely N-dealkylation sites (N-methyl/N-ethyl adjacent to an activating group) is 1. The van der Waals surface area contributed by atoms with Crippen LogP contribution < -0.4 is 0 Å². The average Bonchev–Trinajstić information content (AvgIpc) is 2.37. The molecule has 0 spiro atoms. The van der Waals surface area contributed by atoms with E-state index in [4.69, 9.17) is 0 Å². The van der Waals surface area contributed by atoms with E-state index >= 15 is 0 Å². The lowest BCUT2D eigenvalue weighted by Gasteiger charge is -2.33. The molecule has 4 nitrogen and oxygen atoms in total. The Balaban J connectivity index is 2.94. The van der Waals surface area contributed by atoms with Crippen LogP contribution in [-0.4, -0.2) is 47.7 Å². The van der Waals surface area contributed by atoms with Gasteiger partial charge in [0.25, 0.3) is 0 Å². The lowest BCUT2D eigenvalue weighted by molar-refractivity contribution is 0.120. The van der Waals surface area contributed by atoms with Gasteiger partial charge in [0.2, 0.25) is 0 Å². The first kappa shape index (κ1) is 16.0. The average molecular weight is 329 g/mol. The Kier molecular flexibility index (Phi) is 5.82. The molecule has 0 radical (unpaired) electrons. The van der Waals surface area contributed by atoms with Gasteiger partial charge in [0, 0.05) is 24.6 Å². The van der Waals surface area contributed by atoms with E-state index in [1.165, 1.54) is 0 Å². The molecule has 0 aliphatic heterocycles. The minimum atomic E-state index is -0.341. The number of amides is 2. The largest absolute Gasteiger partial charge is 0.394 e. The normalized spacial score (nSPS) is 12.4. The molecule has 1 N–H and O–H groups in total. The molecule has 0 saturated heterocycles. The van der Waals surface area contributed by atoms with E-state index in [2.05, 4.69) is 15.9 Å². The summed E-state index contributed by atoms with van der Waals surface area (Å²) in [5.41, 5.74) is 0.907. The summed E-state index contributed by atoms with van der Waals surface area (Å²) in [4.78, 5) is 15.5. The number of benzene rings is 1. The van der Waals surface area contributed by atoms with Gasteiger partial charge in [-0.05, 0) is 31.5 Å². The highest BCUT2D eigenvalue weighted by Gasteiger charge is 2.24. The molecule has 0 fully saturated rings. The highest BCUT2D eigenvalue weighted by atomic mass is 79.9. The zero-order chi connectivity index (χ0) is 14.6. The summed E-state index contributed by atoms with van der Waals surface area (Å²) >= 11 is 3.40. The van der Waals surface area contributed by atoms with E-state index in [0.29, 0.717) is 0 Å². The molecule has 0 aliphatic rings. The van der Waals surface area contributed by atoms with Crippen LogP contribution in [0.4, 0.5) is 4.79 Å². The molecule has 1 rings (SSSR count). The molecule has 1 unspecified atom stereocenters. The molecule has 0 aromatic heterocycles. The lowest BCUT2D eigenvalue weighted by atomic mass is 10.1. The van der Waals surface area contributed by atoms with Crippen molar-refractivity contribution < 1.29 is 9.90 Å². The van der Waals surface area contributed by atoms with Gasteiger partial charge in [0.15, 0.2) is 0 Å². The number of hydrogen-bond donors (Lipinski definition) is 1. The smallest absolute Gasteiger partial charge is 0.320 e. The van der Waals surface area contributed by atoms with Crippen LogP contribution in [0.25, 0.3) is 0 Å². The highest BCUT2D eigenvalue weighted by molar-refractivity contribution is 9.10. The SMILES string of the molecule is CC(C)N(C)C(=O)N(C)C(CO)c1cccc(Br)c1. The van der Waals surface area contributed by atoms with Gasteiger partial charge in [0.1, 0.15) is 0 Å². The minimum absolute atomic E-state index is 0.103. The molecule has 1 aromatic rings. The number of aliphatic hydroxyl groups excluding tert-OH is 1. The third-order valence-electron chi connectivity index (χ3n) is 3.25. The Morgan fingerprint density at radius 2 is 1.95 bits per heavy atom. The van der Waals surface area contributed by atoms with Gasteiger partial charge in [-0.15, -0.1) is 0 Å². The van der Waals surface area contributed by atoms with Crippen LogP contribution in [0, 0.1) is 0 Å². The quantitative estimate of drug-likeness (QED) is 0.923. The number of aliphatic hydroxyl groups is 1. The van der Waals surface area contributed by atoms with Crippen LogP contribution in [0.5, 0.6) is 0 Å². The Hall–Kier alpha value is -1.07. The fourth-order valence-electron chi connectivity index (χ4n) is 1.77. The first-order valence-corrected chi connectivity index (χ1v) is 7.03. The molecule has 0 bridgehead atoms. The summed E-state index contributed by atoms with van der Waals surface area (Å²) in [6.07, 6.45) is 0.